The van der Waals surface area contributed by atoms with Gasteiger partial charge >= 0.3 is 0 Å². The van der Waals surface area contributed by atoms with Crippen molar-refractivity contribution in [3.63, 3.8) is 0 Å². The normalized spacial score (nSPS) is 28.9. The highest BCUT2D eigenvalue weighted by Crippen LogP contribution is 2.29. The number of hydrogen-bond donors (Lipinski definition) is 1. The van der Waals surface area contributed by atoms with Crippen LogP contribution in [-0.2, 0) is 4.79 Å². The van der Waals surface area contributed by atoms with Crippen molar-refractivity contribution in [3.8, 4) is 0 Å². The number of carbonyl (C=O) groups is 1. The largest absolute Gasteiger partial charge is 0.354 e. The molecule has 13 heavy (non-hydrogen) atoms. The van der Waals surface area contributed by atoms with Crippen LogP contribution in [0.3, 0.4) is 0 Å². The van der Waals surface area contributed by atoms with Crippen LogP contribution in [0.4, 0.5) is 0 Å². The summed E-state index contributed by atoms with van der Waals surface area (Å²) < 4.78 is 0. The predicted molar refractivity (Wildman–Crippen MR) is 54.4 cm³/mol. The Morgan fingerprint density at radius 2 is 2.08 bits per heavy atom. The van der Waals surface area contributed by atoms with Crippen molar-refractivity contribution in [1.82, 2.24) is 5.32 Å². The van der Waals surface area contributed by atoms with Gasteiger partial charge < -0.3 is 5.32 Å². The summed E-state index contributed by atoms with van der Waals surface area (Å²) in [6.07, 6.45) is 4.96. The minimum absolute atomic E-state index is 0.120. The molecule has 1 fully saturated rings. The SMILES string of the molecule is CC(=O)NC1CCCC(C(C)C)C1. The van der Waals surface area contributed by atoms with E-state index in [1.54, 1.807) is 6.92 Å². The van der Waals surface area contributed by atoms with Crippen LogP contribution in [0.25, 0.3) is 0 Å². The van der Waals surface area contributed by atoms with Crippen LogP contribution < -0.4 is 5.32 Å². The van der Waals surface area contributed by atoms with E-state index in [0.717, 1.165) is 11.8 Å². The first-order valence-corrected chi connectivity index (χ1v) is 5.36. The predicted octanol–water partition coefficient (Wildman–Crippen LogP) is 2.34. The van der Waals surface area contributed by atoms with Crippen molar-refractivity contribution in [3.05, 3.63) is 0 Å². The zero-order valence-corrected chi connectivity index (χ0v) is 8.97. The summed E-state index contributed by atoms with van der Waals surface area (Å²) in [6, 6.07) is 0.443. The maximum atomic E-state index is 10.9. The molecule has 2 nitrogen and oxygen atoms in total. The van der Waals surface area contributed by atoms with E-state index in [1.165, 1.54) is 25.7 Å². The monoisotopic (exact) mass is 183 g/mol. The fourth-order valence-electron chi connectivity index (χ4n) is 2.25. The standard InChI is InChI=1S/C11H21NO/c1-8(2)10-5-4-6-11(7-10)12-9(3)13/h8,10-11H,4-7H2,1-3H3,(H,12,13). The van der Waals surface area contributed by atoms with Crippen LogP contribution in [0.2, 0.25) is 0 Å². The molecule has 1 rings (SSSR count). The van der Waals surface area contributed by atoms with Crippen molar-refractivity contribution in [2.24, 2.45) is 11.8 Å². The summed E-state index contributed by atoms with van der Waals surface area (Å²) in [5, 5.41) is 3.03. The van der Waals surface area contributed by atoms with Gasteiger partial charge in [-0.05, 0) is 24.7 Å². The summed E-state index contributed by atoms with van der Waals surface area (Å²) in [5.41, 5.74) is 0. The molecular weight excluding hydrogens is 162 g/mol. The second-order valence-electron chi connectivity index (χ2n) is 4.57. The molecule has 2 atom stereocenters. The summed E-state index contributed by atoms with van der Waals surface area (Å²) in [5.74, 6) is 1.69. The lowest BCUT2D eigenvalue weighted by atomic mass is 9.79. The van der Waals surface area contributed by atoms with Gasteiger partial charge in [-0.3, -0.25) is 4.79 Å². The molecule has 1 saturated carbocycles. The van der Waals surface area contributed by atoms with Crippen LogP contribution in [0.1, 0.15) is 46.5 Å². The maximum absolute atomic E-state index is 10.9. The fraction of sp³-hybridized carbons (Fsp3) is 0.909. The molecule has 76 valence electrons. The Labute approximate surface area is 81.1 Å². The molecule has 0 radical (unpaired) electrons. The van der Waals surface area contributed by atoms with E-state index in [1.807, 2.05) is 0 Å². The number of hydrogen-bond acceptors (Lipinski definition) is 1. The van der Waals surface area contributed by atoms with E-state index in [9.17, 15) is 4.79 Å². The van der Waals surface area contributed by atoms with Gasteiger partial charge in [0.1, 0.15) is 0 Å². The van der Waals surface area contributed by atoms with Crippen LogP contribution in [0.15, 0.2) is 0 Å². The second kappa shape index (κ2) is 4.64. The lowest BCUT2D eigenvalue weighted by Gasteiger charge is -2.31. The van der Waals surface area contributed by atoms with Gasteiger partial charge in [0, 0.05) is 13.0 Å². The van der Waals surface area contributed by atoms with E-state index >= 15 is 0 Å². The number of nitrogens with one attached hydrogen (secondary N) is 1. The molecule has 0 aromatic carbocycles. The summed E-state index contributed by atoms with van der Waals surface area (Å²) in [7, 11) is 0. The molecule has 1 aliphatic carbocycles. The quantitative estimate of drug-likeness (QED) is 0.699. The first-order valence-electron chi connectivity index (χ1n) is 5.36. The highest BCUT2D eigenvalue weighted by molar-refractivity contribution is 5.73. The van der Waals surface area contributed by atoms with Gasteiger partial charge in [-0.15, -0.1) is 0 Å². The smallest absolute Gasteiger partial charge is 0.217 e. The molecule has 2 heteroatoms. The third-order valence-corrected chi connectivity index (χ3v) is 3.06. The van der Waals surface area contributed by atoms with Crippen molar-refractivity contribution >= 4 is 5.91 Å². The van der Waals surface area contributed by atoms with Crippen LogP contribution >= 0.6 is 0 Å². The summed E-state index contributed by atoms with van der Waals surface area (Å²) >= 11 is 0. The number of carbonyl (C=O) groups excluding carboxylic acids is 1. The first kappa shape index (κ1) is 10.6. The summed E-state index contributed by atoms with van der Waals surface area (Å²) in [6.45, 7) is 6.17. The highest BCUT2D eigenvalue weighted by Gasteiger charge is 2.24. The molecule has 0 spiro atoms. The van der Waals surface area contributed by atoms with Gasteiger partial charge in [0.25, 0.3) is 0 Å². The molecular formula is C11H21NO. The molecule has 1 N–H and O–H groups in total. The van der Waals surface area contributed by atoms with E-state index in [0.29, 0.717) is 6.04 Å². The molecule has 0 aliphatic heterocycles. The van der Waals surface area contributed by atoms with Gasteiger partial charge in [-0.2, -0.15) is 0 Å². The van der Waals surface area contributed by atoms with E-state index in [-0.39, 0.29) is 5.91 Å². The van der Waals surface area contributed by atoms with E-state index in [4.69, 9.17) is 0 Å². The Balaban J connectivity index is 2.37. The van der Waals surface area contributed by atoms with E-state index < -0.39 is 0 Å². The third-order valence-electron chi connectivity index (χ3n) is 3.06. The Hall–Kier alpha value is -0.530. The molecule has 0 heterocycles. The van der Waals surface area contributed by atoms with Crippen LogP contribution in [-0.4, -0.2) is 11.9 Å². The van der Waals surface area contributed by atoms with Gasteiger partial charge in [0.15, 0.2) is 0 Å². The lowest BCUT2D eigenvalue weighted by Crippen LogP contribution is -2.38. The average Bonchev–Trinajstić information content (AvgIpc) is 2.03. The van der Waals surface area contributed by atoms with Crippen molar-refractivity contribution < 1.29 is 4.79 Å². The lowest BCUT2D eigenvalue weighted by molar-refractivity contribution is -0.120. The van der Waals surface area contributed by atoms with Gasteiger partial charge in [0.05, 0.1) is 0 Å². The van der Waals surface area contributed by atoms with Gasteiger partial charge in [-0.25, -0.2) is 0 Å². The summed E-state index contributed by atoms with van der Waals surface area (Å²) in [4.78, 5) is 10.9. The minimum Gasteiger partial charge on any atom is -0.354 e. The third kappa shape index (κ3) is 3.37. The Morgan fingerprint density at radius 3 is 2.62 bits per heavy atom. The first-order chi connectivity index (χ1) is 6.09. The van der Waals surface area contributed by atoms with Crippen molar-refractivity contribution in [2.75, 3.05) is 0 Å². The van der Waals surface area contributed by atoms with E-state index in [2.05, 4.69) is 19.2 Å². The maximum Gasteiger partial charge on any atom is 0.217 e. The van der Waals surface area contributed by atoms with Gasteiger partial charge in [0.2, 0.25) is 5.91 Å². The highest BCUT2D eigenvalue weighted by atomic mass is 16.1. The fourth-order valence-corrected chi connectivity index (χ4v) is 2.25. The van der Waals surface area contributed by atoms with Gasteiger partial charge in [-0.1, -0.05) is 26.7 Å². The minimum atomic E-state index is 0.120. The topological polar surface area (TPSA) is 29.1 Å². The molecule has 2 unspecified atom stereocenters. The van der Waals surface area contributed by atoms with Crippen LogP contribution in [0, 0.1) is 11.8 Å². The number of rotatable bonds is 2. The number of amides is 1. The average molecular weight is 183 g/mol. The second-order valence-corrected chi connectivity index (χ2v) is 4.57. The molecule has 0 saturated heterocycles. The molecule has 0 aromatic heterocycles. The van der Waals surface area contributed by atoms with Crippen molar-refractivity contribution in [2.45, 2.75) is 52.5 Å². The Morgan fingerprint density at radius 1 is 1.38 bits per heavy atom. The molecule has 1 aliphatic rings. The van der Waals surface area contributed by atoms with Crippen molar-refractivity contribution in [1.29, 1.82) is 0 Å². The Kier molecular flexibility index (Phi) is 3.76. The zero-order valence-electron chi connectivity index (χ0n) is 8.97. The zero-order chi connectivity index (χ0) is 9.84. The molecule has 0 aromatic rings. The van der Waals surface area contributed by atoms with Crippen LogP contribution in [0.5, 0.6) is 0 Å². The molecule has 0 bridgehead atoms. The Bertz CT molecular complexity index is 177. The molecule has 1 amide bonds.